The standard InChI is InChI=1S/C33H40F6N6O3/c34-32(35,36)27-5-1-25(2-6-27)23-40-13-17-42(18-14-40)29(46)9-11-44-21-22-45(31(44)48)12-10-30(47)43-19-15-41(16-20-43)24-26-3-7-28(8-4-26)33(37,38)39/h1-8H,9-24H2. The number of urea groups is 1. The van der Waals surface area contributed by atoms with E-state index < -0.39 is 23.5 Å². The molecule has 0 N–H and O–H groups in total. The van der Waals surface area contributed by atoms with Gasteiger partial charge < -0.3 is 19.6 Å². The monoisotopic (exact) mass is 682 g/mol. The highest BCUT2D eigenvalue weighted by Crippen LogP contribution is 2.30. The van der Waals surface area contributed by atoms with E-state index in [1.165, 1.54) is 24.3 Å². The highest BCUT2D eigenvalue weighted by Gasteiger charge is 2.33. The van der Waals surface area contributed by atoms with Crippen LogP contribution in [0.25, 0.3) is 0 Å². The Morgan fingerprint density at radius 3 is 1.17 bits per heavy atom. The number of rotatable bonds is 10. The van der Waals surface area contributed by atoms with Crippen LogP contribution in [0.5, 0.6) is 0 Å². The third kappa shape index (κ3) is 9.40. The molecule has 0 saturated carbocycles. The zero-order valence-corrected chi connectivity index (χ0v) is 26.6. The van der Waals surface area contributed by atoms with Crippen molar-refractivity contribution in [1.29, 1.82) is 0 Å². The summed E-state index contributed by atoms with van der Waals surface area (Å²) in [5.41, 5.74) is 0.193. The molecule has 15 heteroatoms. The normalized spacial score (nSPS) is 18.6. The first-order chi connectivity index (χ1) is 22.8. The summed E-state index contributed by atoms with van der Waals surface area (Å²) in [4.78, 5) is 49.6. The minimum atomic E-state index is -4.37. The van der Waals surface area contributed by atoms with Gasteiger partial charge in [0.15, 0.2) is 0 Å². The number of piperazine rings is 2. The van der Waals surface area contributed by atoms with Crippen LogP contribution in [0, 0.1) is 0 Å². The summed E-state index contributed by atoms with van der Waals surface area (Å²) in [5.74, 6) is -0.105. The maximum Gasteiger partial charge on any atom is 0.416 e. The number of nitrogens with zero attached hydrogens (tertiary/aromatic N) is 6. The fourth-order valence-electron chi connectivity index (χ4n) is 6.25. The summed E-state index contributed by atoms with van der Waals surface area (Å²) >= 11 is 0. The van der Waals surface area contributed by atoms with Gasteiger partial charge in [-0.2, -0.15) is 26.3 Å². The number of amides is 4. The average molecular weight is 683 g/mol. The third-order valence-corrected chi connectivity index (χ3v) is 9.20. The molecule has 0 aliphatic carbocycles. The molecule has 3 aliphatic heterocycles. The summed E-state index contributed by atoms with van der Waals surface area (Å²) in [7, 11) is 0. The molecule has 0 spiro atoms. The number of benzene rings is 2. The highest BCUT2D eigenvalue weighted by atomic mass is 19.4. The first-order valence-electron chi connectivity index (χ1n) is 16.1. The Kier molecular flexibility index (Phi) is 11.2. The zero-order valence-electron chi connectivity index (χ0n) is 26.6. The number of carbonyl (C=O) groups excluding carboxylic acids is 3. The van der Waals surface area contributed by atoms with E-state index in [1.807, 2.05) is 0 Å². The average Bonchev–Trinajstić information content (AvgIpc) is 3.41. The Morgan fingerprint density at radius 2 is 0.854 bits per heavy atom. The van der Waals surface area contributed by atoms with Crippen molar-refractivity contribution in [2.75, 3.05) is 78.5 Å². The van der Waals surface area contributed by atoms with E-state index in [-0.39, 0.29) is 43.8 Å². The van der Waals surface area contributed by atoms with Crippen LogP contribution in [0.1, 0.15) is 35.1 Å². The van der Waals surface area contributed by atoms with E-state index in [0.717, 1.165) is 35.4 Å². The molecule has 3 saturated heterocycles. The fourth-order valence-corrected chi connectivity index (χ4v) is 6.25. The molecule has 0 unspecified atom stereocenters. The molecule has 5 rings (SSSR count). The summed E-state index contributed by atoms with van der Waals surface area (Å²) in [6, 6.07) is 10.0. The van der Waals surface area contributed by atoms with Gasteiger partial charge in [-0.1, -0.05) is 24.3 Å². The second-order valence-corrected chi connectivity index (χ2v) is 12.5. The van der Waals surface area contributed by atoms with Crippen molar-refractivity contribution in [2.45, 2.75) is 38.3 Å². The van der Waals surface area contributed by atoms with Gasteiger partial charge >= 0.3 is 18.4 Å². The maximum atomic E-state index is 12.9. The van der Waals surface area contributed by atoms with Crippen molar-refractivity contribution in [3.63, 3.8) is 0 Å². The Hall–Kier alpha value is -3.85. The van der Waals surface area contributed by atoms with Crippen LogP contribution in [-0.4, -0.2) is 126 Å². The predicted molar refractivity (Wildman–Crippen MR) is 164 cm³/mol. The van der Waals surface area contributed by atoms with Gasteiger partial charge in [0, 0.05) is 104 Å². The van der Waals surface area contributed by atoms with Gasteiger partial charge in [0.25, 0.3) is 0 Å². The second-order valence-electron chi connectivity index (χ2n) is 12.5. The zero-order chi connectivity index (χ0) is 34.5. The fraction of sp³-hybridized carbons (Fsp3) is 0.545. The van der Waals surface area contributed by atoms with Gasteiger partial charge in [0.2, 0.25) is 11.8 Å². The Labute approximate surface area is 275 Å². The Bertz CT molecular complexity index is 1300. The van der Waals surface area contributed by atoms with Crippen LogP contribution in [0.3, 0.4) is 0 Å². The van der Waals surface area contributed by atoms with Crippen molar-refractivity contribution in [3.8, 4) is 0 Å². The molecule has 48 heavy (non-hydrogen) atoms. The van der Waals surface area contributed by atoms with E-state index in [0.29, 0.717) is 78.5 Å². The van der Waals surface area contributed by atoms with Crippen LogP contribution in [-0.2, 0) is 35.0 Å². The number of hydrogen-bond acceptors (Lipinski definition) is 5. The minimum Gasteiger partial charge on any atom is -0.340 e. The SMILES string of the molecule is O=C(CCN1CCN(CCC(=O)N2CCN(Cc3ccc(C(F)(F)F)cc3)CC2)C1=O)N1CCN(Cc2ccc(C(F)(F)F)cc2)CC1. The minimum absolute atomic E-state index is 0.0527. The van der Waals surface area contributed by atoms with Gasteiger partial charge in [-0.05, 0) is 35.4 Å². The summed E-state index contributed by atoms with van der Waals surface area (Å²) in [6.45, 7) is 6.96. The van der Waals surface area contributed by atoms with Crippen molar-refractivity contribution in [2.24, 2.45) is 0 Å². The van der Waals surface area contributed by atoms with Crippen molar-refractivity contribution in [3.05, 3.63) is 70.8 Å². The number of hydrogen-bond donors (Lipinski definition) is 0. The smallest absolute Gasteiger partial charge is 0.340 e. The summed E-state index contributed by atoms with van der Waals surface area (Å²) < 4.78 is 76.8. The second kappa shape index (κ2) is 15.1. The lowest BCUT2D eigenvalue weighted by atomic mass is 10.1. The number of carbonyl (C=O) groups is 3. The molecule has 9 nitrogen and oxygen atoms in total. The lowest BCUT2D eigenvalue weighted by Crippen LogP contribution is -2.49. The molecule has 3 heterocycles. The van der Waals surface area contributed by atoms with Crippen LogP contribution in [0.15, 0.2) is 48.5 Å². The number of alkyl halides is 6. The van der Waals surface area contributed by atoms with Crippen molar-refractivity contribution < 1.29 is 40.7 Å². The van der Waals surface area contributed by atoms with Crippen LogP contribution in [0.2, 0.25) is 0 Å². The molecule has 3 fully saturated rings. The molecule has 3 aliphatic rings. The molecule has 2 aromatic carbocycles. The van der Waals surface area contributed by atoms with Crippen LogP contribution >= 0.6 is 0 Å². The molecular formula is C33H40F6N6O3. The van der Waals surface area contributed by atoms with E-state index in [2.05, 4.69) is 9.80 Å². The molecule has 0 bridgehead atoms. The molecule has 4 amide bonds. The lowest BCUT2D eigenvalue weighted by Gasteiger charge is -2.35. The number of halogens is 6. The quantitative estimate of drug-likeness (QED) is 0.351. The molecular weight excluding hydrogens is 642 g/mol. The maximum absolute atomic E-state index is 12.9. The topological polar surface area (TPSA) is 70.7 Å². The largest absolute Gasteiger partial charge is 0.416 e. The molecule has 262 valence electrons. The van der Waals surface area contributed by atoms with Crippen LogP contribution in [0.4, 0.5) is 31.1 Å². The lowest BCUT2D eigenvalue weighted by molar-refractivity contribution is -0.138. The third-order valence-electron chi connectivity index (χ3n) is 9.20. The van der Waals surface area contributed by atoms with Crippen LogP contribution < -0.4 is 0 Å². The van der Waals surface area contributed by atoms with Gasteiger partial charge in [-0.3, -0.25) is 19.4 Å². The predicted octanol–water partition coefficient (Wildman–Crippen LogP) is 4.23. The van der Waals surface area contributed by atoms with Crippen molar-refractivity contribution >= 4 is 17.8 Å². The summed E-state index contributed by atoms with van der Waals surface area (Å²) in [6.07, 6.45) is -8.36. The van der Waals surface area contributed by atoms with Gasteiger partial charge in [0.1, 0.15) is 0 Å². The van der Waals surface area contributed by atoms with Gasteiger partial charge in [-0.25, -0.2) is 4.79 Å². The Morgan fingerprint density at radius 1 is 0.521 bits per heavy atom. The van der Waals surface area contributed by atoms with Crippen molar-refractivity contribution in [1.82, 2.24) is 29.4 Å². The molecule has 0 atom stereocenters. The summed E-state index contributed by atoms with van der Waals surface area (Å²) in [5, 5.41) is 0. The Balaban J connectivity index is 0.958. The van der Waals surface area contributed by atoms with E-state index in [1.54, 1.807) is 19.6 Å². The van der Waals surface area contributed by atoms with E-state index >= 15 is 0 Å². The van der Waals surface area contributed by atoms with Gasteiger partial charge in [0.05, 0.1) is 11.1 Å². The first kappa shape index (κ1) is 35.5. The van der Waals surface area contributed by atoms with E-state index in [9.17, 15) is 40.7 Å². The first-order valence-corrected chi connectivity index (χ1v) is 16.1. The molecule has 0 radical (unpaired) electrons. The molecule has 2 aromatic rings. The highest BCUT2D eigenvalue weighted by molar-refractivity contribution is 5.81. The van der Waals surface area contributed by atoms with E-state index in [4.69, 9.17) is 0 Å². The molecule has 0 aromatic heterocycles. The van der Waals surface area contributed by atoms with Gasteiger partial charge in [-0.15, -0.1) is 0 Å².